The molecule has 1 aliphatic heterocycles. The van der Waals surface area contributed by atoms with Gasteiger partial charge in [-0.05, 0) is 56.0 Å². The average molecular weight is 462 g/mol. The number of hydrogen-bond acceptors (Lipinski definition) is 5. The number of piperidine rings is 1. The van der Waals surface area contributed by atoms with Crippen LogP contribution in [0.25, 0.3) is 0 Å². The molecule has 0 spiro atoms. The number of nitrogens with one attached hydrogen (secondary N) is 1. The van der Waals surface area contributed by atoms with Gasteiger partial charge in [-0.3, -0.25) is 9.59 Å². The van der Waals surface area contributed by atoms with Crippen LogP contribution in [0.4, 0.5) is 0 Å². The van der Waals surface area contributed by atoms with E-state index in [4.69, 9.17) is 4.42 Å². The second-order valence-electron chi connectivity index (χ2n) is 7.88. The van der Waals surface area contributed by atoms with Crippen LogP contribution in [0.2, 0.25) is 0 Å². The molecule has 0 radical (unpaired) electrons. The van der Waals surface area contributed by atoms with Crippen LogP contribution in [0.1, 0.15) is 62.2 Å². The molecule has 0 saturated carbocycles. The first-order valence-electron chi connectivity index (χ1n) is 11.0. The van der Waals surface area contributed by atoms with E-state index in [2.05, 4.69) is 5.32 Å². The van der Waals surface area contributed by atoms with Crippen molar-refractivity contribution >= 4 is 21.8 Å². The maximum Gasteiger partial charge on any atom is 0.290 e. The summed E-state index contributed by atoms with van der Waals surface area (Å²) in [6.45, 7) is 6.76. The lowest BCUT2D eigenvalue weighted by atomic mass is 10.00. The number of carbonyl (C=O) groups is 2. The van der Waals surface area contributed by atoms with Gasteiger partial charge in [-0.1, -0.05) is 26.0 Å². The third-order valence-electron chi connectivity index (χ3n) is 5.88. The van der Waals surface area contributed by atoms with Crippen molar-refractivity contribution in [1.29, 1.82) is 0 Å². The van der Waals surface area contributed by atoms with Crippen LogP contribution >= 0.6 is 0 Å². The molecule has 0 aliphatic carbocycles. The zero-order valence-corrected chi connectivity index (χ0v) is 19.6. The van der Waals surface area contributed by atoms with Gasteiger partial charge in [-0.25, -0.2) is 8.42 Å². The Morgan fingerprint density at radius 1 is 1.16 bits per heavy atom. The van der Waals surface area contributed by atoms with Gasteiger partial charge in [0.1, 0.15) is 6.04 Å². The predicted molar refractivity (Wildman–Crippen MR) is 120 cm³/mol. The normalized spacial score (nSPS) is 17.9. The summed E-state index contributed by atoms with van der Waals surface area (Å²) in [6.07, 6.45) is 3.74. The maximum absolute atomic E-state index is 13.0. The minimum absolute atomic E-state index is 0.225. The van der Waals surface area contributed by atoms with E-state index in [0.717, 1.165) is 18.4 Å². The van der Waals surface area contributed by atoms with Crippen LogP contribution in [0, 0.1) is 0 Å². The third kappa shape index (κ3) is 5.05. The summed E-state index contributed by atoms with van der Waals surface area (Å²) in [5, 5.41) is 2.98. The number of rotatable bonds is 8. The molecule has 9 heteroatoms. The largest absolute Gasteiger partial charge is 0.459 e. The molecule has 2 amide bonds. The topological polar surface area (TPSA) is 99.9 Å². The van der Waals surface area contributed by atoms with Crippen LogP contribution in [0.5, 0.6) is 0 Å². The fraction of sp³-hybridized carbons (Fsp3) is 0.478. The lowest BCUT2D eigenvalue weighted by molar-refractivity contribution is -0.127. The van der Waals surface area contributed by atoms with Crippen LogP contribution < -0.4 is 5.32 Å². The minimum atomic E-state index is -3.53. The van der Waals surface area contributed by atoms with Gasteiger partial charge < -0.3 is 14.6 Å². The monoisotopic (exact) mass is 461 g/mol. The summed E-state index contributed by atoms with van der Waals surface area (Å²) in [5.74, 6) is -0.284. The van der Waals surface area contributed by atoms with Crippen molar-refractivity contribution in [3.8, 4) is 0 Å². The summed E-state index contributed by atoms with van der Waals surface area (Å²) in [7, 11) is -3.53. The molecule has 2 heterocycles. The molecular formula is C23H31N3O5S. The highest BCUT2D eigenvalue weighted by molar-refractivity contribution is 7.89. The molecule has 1 fully saturated rings. The SMILES string of the molecule is CCN(CC)S(=O)(=O)c1ccc(C(C)NC(=O)C2CCCCN2C(=O)c2ccco2)cc1. The van der Waals surface area contributed by atoms with E-state index in [1.54, 1.807) is 55.1 Å². The van der Waals surface area contributed by atoms with E-state index in [9.17, 15) is 18.0 Å². The lowest BCUT2D eigenvalue weighted by Gasteiger charge is -2.34. The van der Waals surface area contributed by atoms with Crippen molar-refractivity contribution in [3.63, 3.8) is 0 Å². The zero-order chi connectivity index (χ0) is 23.3. The Hall–Kier alpha value is -2.65. The molecule has 3 rings (SSSR count). The van der Waals surface area contributed by atoms with Crippen LogP contribution in [0.3, 0.4) is 0 Å². The van der Waals surface area contributed by atoms with Gasteiger partial charge in [0, 0.05) is 19.6 Å². The summed E-state index contributed by atoms with van der Waals surface area (Å²) in [4.78, 5) is 27.6. The van der Waals surface area contributed by atoms with Crippen molar-refractivity contribution in [1.82, 2.24) is 14.5 Å². The van der Waals surface area contributed by atoms with Crippen molar-refractivity contribution in [2.75, 3.05) is 19.6 Å². The first kappa shape index (κ1) is 24.0. The van der Waals surface area contributed by atoms with E-state index in [1.165, 1.54) is 10.6 Å². The van der Waals surface area contributed by atoms with Gasteiger partial charge in [0.05, 0.1) is 17.2 Å². The van der Waals surface area contributed by atoms with Crippen LogP contribution in [-0.2, 0) is 14.8 Å². The summed E-state index contributed by atoms with van der Waals surface area (Å²) < 4.78 is 32.0. The van der Waals surface area contributed by atoms with E-state index in [0.29, 0.717) is 26.1 Å². The van der Waals surface area contributed by atoms with E-state index >= 15 is 0 Å². The molecule has 2 atom stereocenters. The first-order chi connectivity index (χ1) is 15.3. The average Bonchev–Trinajstić information content (AvgIpc) is 3.34. The van der Waals surface area contributed by atoms with Crippen molar-refractivity contribution in [2.45, 2.75) is 57.0 Å². The fourth-order valence-electron chi connectivity index (χ4n) is 4.02. The van der Waals surface area contributed by atoms with E-state index in [1.807, 2.05) is 6.92 Å². The standard InChI is InChI=1S/C23H31N3O5S/c1-4-25(5-2)32(29,30)19-13-11-18(12-14-19)17(3)24-22(27)20-9-6-7-15-26(20)23(28)21-10-8-16-31-21/h8,10-14,16-17,20H,4-7,9,15H2,1-3H3,(H,24,27). The Balaban J connectivity index is 1.70. The fourth-order valence-corrected chi connectivity index (χ4v) is 5.48. The van der Waals surface area contributed by atoms with Crippen molar-refractivity contribution in [3.05, 3.63) is 54.0 Å². The molecule has 1 aromatic carbocycles. The lowest BCUT2D eigenvalue weighted by Crippen LogP contribution is -2.52. The molecular weight excluding hydrogens is 430 g/mol. The number of sulfonamides is 1. The molecule has 1 aromatic heterocycles. The summed E-state index contributed by atoms with van der Waals surface area (Å²) in [5.41, 5.74) is 0.788. The number of likely N-dealkylation sites (tertiary alicyclic amines) is 1. The quantitative estimate of drug-likeness (QED) is 0.651. The van der Waals surface area contributed by atoms with Gasteiger partial charge >= 0.3 is 0 Å². The van der Waals surface area contributed by atoms with E-state index < -0.39 is 16.1 Å². The third-order valence-corrected chi connectivity index (χ3v) is 7.94. The van der Waals surface area contributed by atoms with Gasteiger partial charge in [0.2, 0.25) is 15.9 Å². The second-order valence-corrected chi connectivity index (χ2v) is 9.81. The number of benzene rings is 1. The Kier molecular flexibility index (Phi) is 7.73. The molecule has 8 nitrogen and oxygen atoms in total. The molecule has 174 valence electrons. The first-order valence-corrected chi connectivity index (χ1v) is 12.5. The molecule has 0 bridgehead atoms. The molecule has 1 N–H and O–H groups in total. The number of amides is 2. The number of nitrogens with zero attached hydrogens (tertiary/aromatic N) is 2. The Morgan fingerprint density at radius 3 is 2.44 bits per heavy atom. The Bertz CT molecular complexity index is 1010. The maximum atomic E-state index is 13.0. The smallest absolute Gasteiger partial charge is 0.290 e. The Morgan fingerprint density at radius 2 is 1.84 bits per heavy atom. The molecule has 1 aliphatic rings. The van der Waals surface area contributed by atoms with Crippen molar-refractivity contribution < 1.29 is 22.4 Å². The highest BCUT2D eigenvalue weighted by Gasteiger charge is 2.34. The van der Waals surface area contributed by atoms with Gasteiger partial charge in [-0.15, -0.1) is 0 Å². The number of furan rings is 1. The number of hydrogen-bond donors (Lipinski definition) is 1. The van der Waals surface area contributed by atoms with E-state index in [-0.39, 0.29) is 28.5 Å². The van der Waals surface area contributed by atoms with Crippen LogP contribution in [0.15, 0.2) is 52.0 Å². The number of carbonyl (C=O) groups excluding carboxylic acids is 2. The molecule has 32 heavy (non-hydrogen) atoms. The summed E-state index contributed by atoms with van der Waals surface area (Å²) >= 11 is 0. The zero-order valence-electron chi connectivity index (χ0n) is 18.8. The van der Waals surface area contributed by atoms with Crippen molar-refractivity contribution in [2.24, 2.45) is 0 Å². The highest BCUT2D eigenvalue weighted by Crippen LogP contribution is 2.23. The second kappa shape index (κ2) is 10.3. The van der Waals surface area contributed by atoms with Crippen LogP contribution in [-0.4, -0.2) is 55.1 Å². The summed E-state index contributed by atoms with van der Waals surface area (Å²) in [6, 6.07) is 8.92. The Labute approximate surface area is 189 Å². The predicted octanol–water partition coefficient (Wildman–Crippen LogP) is 3.18. The molecule has 1 saturated heterocycles. The molecule has 2 unspecified atom stereocenters. The van der Waals surface area contributed by atoms with Gasteiger partial charge in [0.15, 0.2) is 5.76 Å². The molecule has 2 aromatic rings. The van der Waals surface area contributed by atoms with Gasteiger partial charge in [0.25, 0.3) is 5.91 Å². The van der Waals surface area contributed by atoms with Gasteiger partial charge in [-0.2, -0.15) is 4.31 Å². The minimum Gasteiger partial charge on any atom is -0.459 e. The highest BCUT2D eigenvalue weighted by atomic mass is 32.2.